The number of nitrogens with zero attached hydrogens (tertiary/aromatic N) is 3. The van der Waals surface area contributed by atoms with Gasteiger partial charge < -0.3 is 4.90 Å². The van der Waals surface area contributed by atoms with Gasteiger partial charge in [0.25, 0.3) is 0 Å². The zero-order valence-electron chi connectivity index (χ0n) is 16.6. The largest absolute Gasteiger partial charge is 0.359 e. The van der Waals surface area contributed by atoms with Crippen LogP contribution in [0.3, 0.4) is 0 Å². The van der Waals surface area contributed by atoms with E-state index in [0.717, 1.165) is 28.6 Å². The molecule has 0 N–H and O–H groups in total. The Morgan fingerprint density at radius 1 is 1.20 bits per heavy atom. The minimum Gasteiger partial charge on any atom is -0.359 e. The highest BCUT2D eigenvalue weighted by Gasteiger charge is 2.37. The lowest BCUT2D eigenvalue weighted by atomic mass is 9.92. The average molecular weight is 438 g/mol. The average Bonchev–Trinajstić information content (AvgIpc) is 2.98. The maximum Gasteiger partial charge on any atom is 0.176 e. The fourth-order valence-electron chi connectivity index (χ4n) is 4.23. The minimum atomic E-state index is -3.46. The van der Waals surface area contributed by atoms with E-state index in [1.807, 2.05) is 36.5 Å². The number of aromatic nitrogens is 1. The molecule has 2 heterocycles. The summed E-state index contributed by atoms with van der Waals surface area (Å²) in [6.45, 7) is 2.69. The zero-order valence-corrected chi connectivity index (χ0v) is 18.2. The lowest BCUT2D eigenvalue weighted by Crippen LogP contribution is -2.26. The Balaban J connectivity index is 1.79. The van der Waals surface area contributed by atoms with Crippen molar-refractivity contribution in [1.82, 2.24) is 4.98 Å². The molecule has 0 saturated heterocycles. The van der Waals surface area contributed by atoms with Crippen molar-refractivity contribution in [3.05, 3.63) is 88.2 Å². The molecule has 2 unspecified atom stereocenters. The number of sulfone groups is 1. The van der Waals surface area contributed by atoms with Crippen LogP contribution in [0.1, 0.15) is 41.1 Å². The van der Waals surface area contributed by atoms with Gasteiger partial charge in [-0.2, -0.15) is 5.26 Å². The Kier molecular flexibility index (Phi) is 5.27. The van der Waals surface area contributed by atoms with Crippen molar-refractivity contribution >= 4 is 27.1 Å². The fraction of sp³-hybridized carbons (Fsp3) is 0.217. The number of fused-ring (bicyclic) bond motifs is 1. The third-order valence-corrected chi connectivity index (χ3v) is 6.93. The highest BCUT2D eigenvalue weighted by Crippen LogP contribution is 2.50. The van der Waals surface area contributed by atoms with Gasteiger partial charge in [0, 0.05) is 41.8 Å². The summed E-state index contributed by atoms with van der Waals surface area (Å²) in [6.07, 6.45) is 4.74. The molecule has 4 rings (SSSR count). The van der Waals surface area contributed by atoms with E-state index >= 15 is 0 Å². The van der Waals surface area contributed by atoms with Crippen LogP contribution in [0.2, 0.25) is 5.02 Å². The number of anilines is 1. The lowest BCUT2D eigenvalue weighted by Gasteiger charge is -2.30. The molecule has 1 aliphatic heterocycles. The third kappa shape index (κ3) is 3.67. The Labute approximate surface area is 181 Å². The van der Waals surface area contributed by atoms with Gasteiger partial charge in [-0.15, -0.1) is 0 Å². The van der Waals surface area contributed by atoms with E-state index in [2.05, 4.69) is 22.9 Å². The van der Waals surface area contributed by atoms with E-state index in [1.165, 1.54) is 6.07 Å². The molecule has 1 aliphatic rings. The van der Waals surface area contributed by atoms with Crippen LogP contribution in [-0.2, 0) is 16.4 Å². The molecule has 3 aromatic rings. The summed E-state index contributed by atoms with van der Waals surface area (Å²) in [4.78, 5) is 6.61. The summed E-state index contributed by atoms with van der Waals surface area (Å²) < 4.78 is 23.9. The van der Waals surface area contributed by atoms with E-state index in [9.17, 15) is 13.7 Å². The Hall–Kier alpha value is -2.88. The molecule has 0 radical (unpaired) electrons. The molecule has 0 fully saturated rings. The van der Waals surface area contributed by atoms with E-state index in [0.29, 0.717) is 11.6 Å². The van der Waals surface area contributed by atoms with Crippen LogP contribution in [0, 0.1) is 11.3 Å². The predicted molar refractivity (Wildman–Crippen MR) is 117 cm³/mol. The molecule has 0 aliphatic carbocycles. The first kappa shape index (κ1) is 20.4. The van der Waals surface area contributed by atoms with E-state index in [-0.39, 0.29) is 22.4 Å². The Bertz CT molecular complexity index is 1250. The van der Waals surface area contributed by atoms with Crippen molar-refractivity contribution in [2.75, 3.05) is 11.2 Å². The van der Waals surface area contributed by atoms with E-state index in [4.69, 9.17) is 11.6 Å². The van der Waals surface area contributed by atoms with Gasteiger partial charge in [-0.3, -0.25) is 4.98 Å². The van der Waals surface area contributed by atoms with E-state index < -0.39 is 9.84 Å². The second-order valence-corrected chi connectivity index (χ2v) is 9.99. The number of nitriles is 1. The Morgan fingerprint density at radius 3 is 2.67 bits per heavy atom. The summed E-state index contributed by atoms with van der Waals surface area (Å²) in [6, 6.07) is 16.9. The van der Waals surface area contributed by atoms with Crippen molar-refractivity contribution in [2.24, 2.45) is 0 Å². The second kappa shape index (κ2) is 7.75. The first-order chi connectivity index (χ1) is 14.3. The van der Waals surface area contributed by atoms with E-state index in [1.54, 1.807) is 18.3 Å². The molecule has 2 aromatic carbocycles. The maximum absolute atomic E-state index is 12.0. The first-order valence-electron chi connectivity index (χ1n) is 9.48. The molecule has 0 saturated carbocycles. The second-order valence-electron chi connectivity index (χ2n) is 7.57. The number of pyridine rings is 1. The summed E-state index contributed by atoms with van der Waals surface area (Å²) in [7, 11) is -3.46. The summed E-state index contributed by atoms with van der Waals surface area (Å²) in [5.41, 5.74) is 4.35. The Morgan fingerprint density at radius 2 is 2.00 bits per heavy atom. The maximum atomic E-state index is 12.0. The number of halogens is 1. The number of rotatable bonds is 4. The van der Waals surface area contributed by atoms with Crippen molar-refractivity contribution in [2.45, 2.75) is 30.3 Å². The van der Waals surface area contributed by atoms with Crippen LogP contribution in [0.5, 0.6) is 0 Å². The van der Waals surface area contributed by atoms with Gasteiger partial charge in [0.05, 0.1) is 16.5 Å². The smallest absolute Gasteiger partial charge is 0.176 e. The van der Waals surface area contributed by atoms with Crippen molar-refractivity contribution < 1.29 is 8.42 Å². The molecule has 0 amide bonds. The number of hydrogen-bond donors (Lipinski definition) is 0. The molecule has 0 bridgehead atoms. The van der Waals surface area contributed by atoms with Crippen LogP contribution >= 0.6 is 11.6 Å². The minimum absolute atomic E-state index is 0.0484. The first-order valence-corrected chi connectivity index (χ1v) is 11.8. The molecular weight excluding hydrogens is 418 g/mol. The summed E-state index contributed by atoms with van der Waals surface area (Å²) in [5.74, 6) is 0.189. The van der Waals surface area contributed by atoms with Crippen molar-refractivity contribution in [1.29, 1.82) is 5.26 Å². The quantitative estimate of drug-likeness (QED) is 0.581. The van der Waals surface area contributed by atoms with Crippen LogP contribution < -0.4 is 4.90 Å². The van der Waals surface area contributed by atoms with Crippen LogP contribution in [0.4, 0.5) is 5.69 Å². The highest BCUT2D eigenvalue weighted by molar-refractivity contribution is 7.90. The van der Waals surface area contributed by atoms with Gasteiger partial charge in [-0.05, 0) is 53.1 Å². The van der Waals surface area contributed by atoms with Crippen molar-refractivity contribution in [3.8, 4) is 6.07 Å². The summed E-state index contributed by atoms with van der Waals surface area (Å²) >= 11 is 6.27. The van der Waals surface area contributed by atoms with Gasteiger partial charge in [0.2, 0.25) is 0 Å². The third-order valence-electron chi connectivity index (χ3n) is 5.54. The lowest BCUT2D eigenvalue weighted by molar-refractivity contribution is 0.574. The highest BCUT2D eigenvalue weighted by atomic mass is 35.5. The van der Waals surface area contributed by atoms with Gasteiger partial charge in [0.15, 0.2) is 9.84 Å². The zero-order chi connectivity index (χ0) is 21.5. The molecule has 7 heteroatoms. The van der Waals surface area contributed by atoms with Gasteiger partial charge in [-0.1, -0.05) is 30.7 Å². The molecule has 152 valence electrons. The number of hydrogen-bond acceptors (Lipinski definition) is 5. The van der Waals surface area contributed by atoms with Gasteiger partial charge in [-0.25, -0.2) is 8.42 Å². The molecule has 0 spiro atoms. The molecule has 30 heavy (non-hydrogen) atoms. The van der Waals surface area contributed by atoms with Crippen LogP contribution in [0.25, 0.3) is 0 Å². The van der Waals surface area contributed by atoms with Crippen LogP contribution in [0.15, 0.2) is 65.8 Å². The SMILES string of the molecule is CC1c2cc(Cl)ccc2N(Cc2ccc(S(C)(=O)=O)c(C#N)c2)C1c1cccnc1. The molecule has 1 aromatic heterocycles. The molecule has 5 nitrogen and oxygen atoms in total. The van der Waals surface area contributed by atoms with Crippen molar-refractivity contribution in [3.63, 3.8) is 0 Å². The fourth-order valence-corrected chi connectivity index (χ4v) is 5.23. The van der Waals surface area contributed by atoms with Gasteiger partial charge >= 0.3 is 0 Å². The predicted octanol–water partition coefficient (Wildman–Crippen LogP) is 4.88. The number of benzene rings is 2. The monoisotopic (exact) mass is 437 g/mol. The molecular formula is C23H20ClN3O2S. The van der Waals surface area contributed by atoms with Gasteiger partial charge in [0.1, 0.15) is 6.07 Å². The molecule has 2 atom stereocenters. The van der Waals surface area contributed by atoms with Crippen LogP contribution in [-0.4, -0.2) is 19.7 Å². The summed E-state index contributed by atoms with van der Waals surface area (Å²) in [5, 5.41) is 10.2. The standard InChI is InChI=1S/C23H20ClN3O2S/c1-15-20-11-19(24)6-7-21(20)27(23(15)17-4-3-9-26-13-17)14-16-5-8-22(30(2,28)29)18(10-16)12-25/h3-11,13,15,23H,14H2,1-2H3. The topological polar surface area (TPSA) is 74.1 Å². The normalized spacial score (nSPS) is 18.1.